The molecule has 0 bridgehead atoms. The molecular weight excluding hydrogens is 381 g/mol. The van der Waals surface area contributed by atoms with Crippen molar-refractivity contribution in [3.05, 3.63) is 66.2 Å². The zero-order chi connectivity index (χ0) is 19.6. The molecule has 0 saturated carbocycles. The van der Waals surface area contributed by atoms with Gasteiger partial charge in [-0.1, -0.05) is 42.5 Å². The lowest BCUT2D eigenvalue weighted by molar-refractivity contribution is -0.242. The van der Waals surface area contributed by atoms with Crippen LogP contribution in [0.4, 0.5) is 0 Å². The van der Waals surface area contributed by atoms with Crippen LogP contribution in [0.25, 0.3) is 33.3 Å². The summed E-state index contributed by atoms with van der Waals surface area (Å²) in [5.41, 5.74) is 3.08. The molecule has 0 fully saturated rings. The van der Waals surface area contributed by atoms with E-state index in [1.54, 1.807) is 12.1 Å². The van der Waals surface area contributed by atoms with E-state index in [1.165, 1.54) is 14.2 Å². The lowest BCUT2D eigenvalue weighted by Crippen LogP contribution is -1.98. The van der Waals surface area contributed by atoms with Crippen LogP contribution in [-0.4, -0.2) is 19.2 Å². The van der Waals surface area contributed by atoms with Crippen LogP contribution in [0.5, 0.6) is 0 Å². The molecule has 0 saturated heterocycles. The van der Waals surface area contributed by atoms with Gasteiger partial charge in [-0.25, -0.2) is 14.8 Å². The van der Waals surface area contributed by atoms with Crippen molar-refractivity contribution < 1.29 is 28.1 Å². The third-order valence-electron chi connectivity index (χ3n) is 4.24. The van der Waals surface area contributed by atoms with Crippen molar-refractivity contribution in [3.63, 3.8) is 0 Å². The van der Waals surface area contributed by atoms with E-state index >= 15 is 0 Å². The average molecular weight is 399 g/mol. The number of oxazole rings is 1. The van der Waals surface area contributed by atoms with Gasteiger partial charge in [0.1, 0.15) is 5.52 Å². The van der Waals surface area contributed by atoms with E-state index in [2.05, 4.69) is 14.8 Å². The van der Waals surface area contributed by atoms with Crippen molar-refractivity contribution in [2.45, 2.75) is 6.16 Å². The summed E-state index contributed by atoms with van der Waals surface area (Å²) >= 11 is 0. The quantitative estimate of drug-likeness (QED) is 0.231. The maximum absolute atomic E-state index is 12.5. The summed E-state index contributed by atoms with van der Waals surface area (Å²) in [6, 6.07) is 19.2. The highest BCUT2D eigenvalue weighted by atomic mass is 31.2. The van der Waals surface area contributed by atoms with Gasteiger partial charge in [0.2, 0.25) is 5.89 Å². The third kappa shape index (κ3) is 3.71. The van der Waals surface area contributed by atoms with Crippen LogP contribution >= 0.6 is 7.60 Å². The van der Waals surface area contributed by atoms with Gasteiger partial charge in [0, 0.05) is 10.9 Å². The number of hydrogen-bond acceptors (Lipinski definition) is 7. The Kier molecular flexibility index (Phi) is 5.26. The summed E-state index contributed by atoms with van der Waals surface area (Å²) in [4.78, 5) is 13.7. The average Bonchev–Trinajstić information content (AvgIpc) is 3.13. The van der Waals surface area contributed by atoms with Gasteiger partial charge >= 0.3 is 7.60 Å². The fraction of sp³-hybridized carbons (Fsp3) is 0.150. The SMILES string of the molecule is COOP(=O)(Cc1ccc(-c2nc3c(ccc4ccccc43)o2)cc1)OOC. The minimum atomic E-state index is -3.56. The second kappa shape index (κ2) is 7.83. The van der Waals surface area contributed by atoms with Gasteiger partial charge in [-0.05, 0) is 29.1 Å². The van der Waals surface area contributed by atoms with E-state index in [-0.39, 0.29) is 6.16 Å². The highest BCUT2D eigenvalue weighted by Crippen LogP contribution is 2.51. The molecular formula is C20H18NO6P. The Morgan fingerprint density at radius 2 is 1.64 bits per heavy atom. The number of hydrogen-bond donors (Lipinski definition) is 0. The molecule has 0 atom stereocenters. The lowest BCUT2D eigenvalue weighted by Gasteiger charge is -2.13. The smallest absolute Gasteiger partial charge is 0.388 e. The van der Waals surface area contributed by atoms with Crippen LogP contribution in [-0.2, 0) is 29.9 Å². The molecule has 0 radical (unpaired) electrons. The first-order valence-electron chi connectivity index (χ1n) is 8.53. The van der Waals surface area contributed by atoms with Gasteiger partial charge in [0.05, 0.1) is 20.4 Å². The molecule has 0 N–H and O–H groups in total. The van der Waals surface area contributed by atoms with E-state index in [9.17, 15) is 4.57 Å². The fourth-order valence-electron chi connectivity index (χ4n) is 3.05. The van der Waals surface area contributed by atoms with Crippen LogP contribution in [0.2, 0.25) is 0 Å². The zero-order valence-electron chi connectivity index (χ0n) is 15.3. The summed E-state index contributed by atoms with van der Waals surface area (Å²) in [6.45, 7) is 0. The largest absolute Gasteiger partial charge is 0.436 e. The van der Waals surface area contributed by atoms with Crippen molar-refractivity contribution in [2.24, 2.45) is 0 Å². The lowest BCUT2D eigenvalue weighted by atomic mass is 10.1. The van der Waals surface area contributed by atoms with Crippen molar-refractivity contribution in [1.29, 1.82) is 0 Å². The first-order valence-corrected chi connectivity index (χ1v) is 10.3. The van der Waals surface area contributed by atoms with E-state index < -0.39 is 7.60 Å². The van der Waals surface area contributed by atoms with Crippen molar-refractivity contribution in [1.82, 2.24) is 4.98 Å². The maximum atomic E-state index is 12.5. The minimum absolute atomic E-state index is 0.00679. The number of fused-ring (bicyclic) bond motifs is 3. The molecule has 0 aliphatic carbocycles. The normalized spacial score (nSPS) is 12.1. The molecule has 28 heavy (non-hydrogen) atoms. The zero-order valence-corrected chi connectivity index (χ0v) is 16.2. The predicted molar refractivity (Wildman–Crippen MR) is 104 cm³/mol. The molecule has 4 rings (SSSR count). The third-order valence-corrected chi connectivity index (χ3v) is 5.74. The molecule has 1 heterocycles. The molecule has 8 heteroatoms. The Bertz CT molecular complexity index is 1140. The topological polar surface area (TPSA) is 80.0 Å². The molecule has 0 aliphatic rings. The highest BCUT2D eigenvalue weighted by Gasteiger charge is 2.28. The molecule has 0 aliphatic heterocycles. The summed E-state index contributed by atoms with van der Waals surface area (Å²) in [6.07, 6.45) is -0.00679. The van der Waals surface area contributed by atoms with Gasteiger partial charge in [0.25, 0.3) is 0 Å². The second-order valence-corrected chi connectivity index (χ2v) is 7.94. The number of rotatable bonds is 7. The van der Waals surface area contributed by atoms with Crippen molar-refractivity contribution >= 4 is 29.5 Å². The molecule has 144 valence electrons. The minimum Gasteiger partial charge on any atom is -0.436 e. The Morgan fingerprint density at radius 3 is 2.36 bits per heavy atom. The predicted octanol–water partition coefficient (Wildman–Crippen LogP) is 5.50. The Labute approximate surface area is 161 Å². The number of benzene rings is 3. The first-order chi connectivity index (χ1) is 13.6. The van der Waals surface area contributed by atoms with E-state index in [0.717, 1.165) is 33.0 Å². The van der Waals surface area contributed by atoms with Crippen molar-refractivity contribution in [2.75, 3.05) is 14.2 Å². The van der Waals surface area contributed by atoms with E-state index in [0.29, 0.717) is 5.89 Å². The summed E-state index contributed by atoms with van der Waals surface area (Å²) in [5, 5.41) is 2.15. The fourth-order valence-corrected chi connectivity index (χ4v) is 4.30. The standard InChI is InChI=1S/C20H18NO6P/c1-23-26-28(22,27-24-2)13-14-7-9-16(10-8-14)20-21-19-17-6-4-3-5-15(17)11-12-18(19)25-20/h3-12H,13H2,1-2H3. The van der Waals surface area contributed by atoms with Crippen LogP contribution < -0.4 is 0 Å². The van der Waals surface area contributed by atoms with Gasteiger partial charge < -0.3 is 4.42 Å². The van der Waals surface area contributed by atoms with Crippen molar-refractivity contribution in [3.8, 4) is 11.5 Å². The molecule has 1 aromatic heterocycles. The summed E-state index contributed by atoms with van der Waals surface area (Å²) < 4.78 is 27.9. The monoisotopic (exact) mass is 399 g/mol. The van der Waals surface area contributed by atoms with Gasteiger partial charge in [-0.3, -0.25) is 4.57 Å². The van der Waals surface area contributed by atoms with Gasteiger partial charge in [0.15, 0.2) is 5.58 Å². The van der Waals surface area contributed by atoms with Crippen LogP contribution in [0.1, 0.15) is 5.56 Å². The number of nitrogens with zero attached hydrogens (tertiary/aromatic N) is 1. The van der Waals surface area contributed by atoms with E-state index in [4.69, 9.17) is 13.8 Å². The summed E-state index contributed by atoms with van der Waals surface area (Å²) in [5.74, 6) is 0.516. The first kappa shape index (κ1) is 18.8. The Morgan fingerprint density at radius 1 is 0.929 bits per heavy atom. The second-order valence-electron chi connectivity index (χ2n) is 6.10. The molecule has 0 spiro atoms. The summed E-state index contributed by atoms with van der Waals surface area (Å²) in [7, 11) is -1.05. The number of aromatic nitrogens is 1. The molecule has 0 amide bonds. The molecule has 3 aromatic carbocycles. The van der Waals surface area contributed by atoms with Gasteiger partial charge in [-0.2, -0.15) is 0 Å². The van der Waals surface area contributed by atoms with Gasteiger partial charge in [-0.15, -0.1) is 9.35 Å². The Hall–Kier alpha value is -2.54. The maximum Gasteiger partial charge on any atom is 0.388 e. The Balaban J connectivity index is 1.63. The van der Waals surface area contributed by atoms with Crippen LogP contribution in [0, 0.1) is 0 Å². The van der Waals surface area contributed by atoms with Crippen LogP contribution in [0.15, 0.2) is 65.1 Å². The van der Waals surface area contributed by atoms with Crippen LogP contribution in [0.3, 0.4) is 0 Å². The highest BCUT2D eigenvalue weighted by molar-refractivity contribution is 7.52. The molecule has 7 nitrogen and oxygen atoms in total. The molecule has 0 unspecified atom stereocenters. The molecule has 4 aromatic rings. The van der Waals surface area contributed by atoms with E-state index in [1.807, 2.05) is 48.5 Å².